The Morgan fingerprint density at radius 2 is 2.00 bits per heavy atom. The van der Waals surface area contributed by atoms with Gasteiger partial charge in [-0.15, -0.1) is 0 Å². The number of ether oxygens (including phenoxy) is 1. The van der Waals surface area contributed by atoms with Crippen LogP contribution in [0.2, 0.25) is 0 Å². The van der Waals surface area contributed by atoms with Crippen molar-refractivity contribution in [3.63, 3.8) is 0 Å². The molecule has 8 heteroatoms. The molecule has 1 unspecified atom stereocenters. The summed E-state index contributed by atoms with van der Waals surface area (Å²) in [6.07, 6.45) is 2.06. The lowest BCUT2D eigenvalue weighted by atomic mass is 9.72. The van der Waals surface area contributed by atoms with Crippen LogP contribution < -0.4 is 15.4 Å². The second-order valence-corrected chi connectivity index (χ2v) is 8.97. The number of aromatic nitrogens is 1. The maximum atomic E-state index is 13.5. The van der Waals surface area contributed by atoms with Gasteiger partial charge in [-0.25, -0.2) is 14.2 Å². The second-order valence-electron chi connectivity index (χ2n) is 8.97. The standard InChI is InChI=1S/C23H28FN3O4/c1-22(2,3)23(27-21(29)30)9-7-15(13-23)20(28)26-19-11-14(8-10-25-19)17-6-5-16(24)12-18(17)31-4/h5-6,8,10-12,15,27H,7,9,13H2,1-4H3,(H,29,30)(H,25,26,28)/t15-,23?/m1/s1. The number of nitrogens with zero attached hydrogens (tertiary/aromatic N) is 1. The van der Waals surface area contributed by atoms with Gasteiger partial charge in [0.05, 0.1) is 7.11 Å². The minimum absolute atomic E-state index is 0.200. The van der Waals surface area contributed by atoms with Crippen LogP contribution in [0.1, 0.15) is 40.0 Å². The van der Waals surface area contributed by atoms with Crippen molar-refractivity contribution < 1.29 is 23.8 Å². The normalized spacial score (nSPS) is 20.9. The van der Waals surface area contributed by atoms with Gasteiger partial charge in [-0.1, -0.05) is 20.8 Å². The summed E-state index contributed by atoms with van der Waals surface area (Å²) in [6, 6.07) is 7.71. The van der Waals surface area contributed by atoms with Gasteiger partial charge in [-0.05, 0) is 54.5 Å². The molecule has 0 saturated heterocycles. The predicted octanol–water partition coefficient (Wildman–Crippen LogP) is 4.69. The summed E-state index contributed by atoms with van der Waals surface area (Å²) in [5.74, 6) is -0.185. The zero-order valence-corrected chi connectivity index (χ0v) is 18.2. The van der Waals surface area contributed by atoms with Crippen LogP contribution in [0.25, 0.3) is 11.1 Å². The van der Waals surface area contributed by atoms with Gasteiger partial charge in [0.25, 0.3) is 0 Å². The number of carbonyl (C=O) groups is 2. The van der Waals surface area contributed by atoms with E-state index in [1.807, 2.05) is 20.8 Å². The number of hydrogen-bond acceptors (Lipinski definition) is 4. The van der Waals surface area contributed by atoms with Crippen molar-refractivity contribution >= 4 is 17.8 Å². The number of anilines is 1. The molecule has 1 aromatic heterocycles. The van der Waals surface area contributed by atoms with Crippen molar-refractivity contribution in [1.29, 1.82) is 0 Å². The number of benzene rings is 1. The molecule has 3 rings (SSSR count). The van der Waals surface area contributed by atoms with Gasteiger partial charge in [0.2, 0.25) is 5.91 Å². The van der Waals surface area contributed by atoms with Gasteiger partial charge in [0, 0.05) is 29.3 Å². The molecule has 3 N–H and O–H groups in total. The molecule has 1 aliphatic carbocycles. The maximum absolute atomic E-state index is 13.5. The number of amides is 2. The van der Waals surface area contributed by atoms with E-state index >= 15 is 0 Å². The van der Waals surface area contributed by atoms with Gasteiger partial charge in [0.1, 0.15) is 17.4 Å². The summed E-state index contributed by atoms with van der Waals surface area (Å²) in [4.78, 5) is 28.5. The zero-order chi connectivity index (χ0) is 22.8. The van der Waals surface area contributed by atoms with E-state index < -0.39 is 17.4 Å². The molecule has 7 nitrogen and oxygen atoms in total. The number of carbonyl (C=O) groups excluding carboxylic acids is 1. The number of carboxylic acid groups (broad SMARTS) is 1. The van der Waals surface area contributed by atoms with Crippen LogP contribution in [0.15, 0.2) is 36.5 Å². The third-order valence-electron chi connectivity index (χ3n) is 6.15. The first-order chi connectivity index (χ1) is 14.5. The van der Waals surface area contributed by atoms with E-state index in [1.54, 1.807) is 24.4 Å². The average molecular weight is 429 g/mol. The third kappa shape index (κ3) is 4.78. The highest BCUT2D eigenvalue weighted by Gasteiger charge is 2.50. The molecule has 1 aromatic carbocycles. The topological polar surface area (TPSA) is 101 Å². The number of nitrogens with one attached hydrogen (secondary N) is 2. The quantitative estimate of drug-likeness (QED) is 0.640. The van der Waals surface area contributed by atoms with E-state index in [1.165, 1.54) is 19.2 Å². The molecule has 31 heavy (non-hydrogen) atoms. The van der Waals surface area contributed by atoms with Crippen LogP contribution in [0.3, 0.4) is 0 Å². The minimum Gasteiger partial charge on any atom is -0.496 e. The van der Waals surface area contributed by atoms with Crippen LogP contribution >= 0.6 is 0 Å². The molecule has 0 spiro atoms. The summed E-state index contributed by atoms with van der Waals surface area (Å²) in [7, 11) is 1.47. The molecule has 1 heterocycles. The largest absolute Gasteiger partial charge is 0.496 e. The van der Waals surface area contributed by atoms with E-state index in [-0.39, 0.29) is 17.2 Å². The molecule has 0 radical (unpaired) electrons. The Morgan fingerprint density at radius 3 is 2.65 bits per heavy atom. The molecule has 0 aliphatic heterocycles. The Labute approximate surface area is 181 Å². The first-order valence-electron chi connectivity index (χ1n) is 10.2. The Kier molecular flexibility index (Phi) is 6.20. The fourth-order valence-corrected chi connectivity index (χ4v) is 4.25. The minimum atomic E-state index is -1.08. The zero-order valence-electron chi connectivity index (χ0n) is 18.2. The highest BCUT2D eigenvalue weighted by molar-refractivity contribution is 5.92. The summed E-state index contributed by atoms with van der Waals surface area (Å²) in [5.41, 5.74) is 0.403. The number of rotatable bonds is 5. The molecule has 0 bridgehead atoms. The SMILES string of the molecule is COc1cc(F)ccc1-c1ccnc(NC(=O)[C@@H]2CCC(NC(=O)O)(C(C)(C)C)C2)c1. The van der Waals surface area contributed by atoms with Crippen molar-refractivity contribution in [2.75, 3.05) is 12.4 Å². The van der Waals surface area contributed by atoms with Gasteiger partial charge >= 0.3 is 6.09 Å². The van der Waals surface area contributed by atoms with E-state index in [0.717, 1.165) is 5.56 Å². The molecule has 1 aliphatic rings. The second kappa shape index (κ2) is 8.53. The Balaban J connectivity index is 1.78. The summed E-state index contributed by atoms with van der Waals surface area (Å²) < 4.78 is 18.8. The van der Waals surface area contributed by atoms with Crippen molar-refractivity contribution in [3.8, 4) is 16.9 Å². The molecule has 2 atom stereocenters. The molecule has 1 saturated carbocycles. The highest BCUT2D eigenvalue weighted by Crippen LogP contribution is 2.46. The molecule has 1 fully saturated rings. The van der Waals surface area contributed by atoms with Crippen molar-refractivity contribution in [2.45, 2.75) is 45.6 Å². The molecular formula is C23H28FN3O4. The number of halogens is 1. The van der Waals surface area contributed by atoms with Crippen molar-refractivity contribution in [2.24, 2.45) is 11.3 Å². The van der Waals surface area contributed by atoms with Gasteiger partial charge in [0.15, 0.2) is 0 Å². The lowest BCUT2D eigenvalue weighted by Gasteiger charge is -2.42. The summed E-state index contributed by atoms with van der Waals surface area (Å²) in [6.45, 7) is 5.93. The summed E-state index contributed by atoms with van der Waals surface area (Å²) in [5, 5.41) is 14.8. The smallest absolute Gasteiger partial charge is 0.405 e. The number of methoxy groups -OCH3 is 1. The lowest BCUT2D eigenvalue weighted by Crippen LogP contribution is -2.55. The van der Waals surface area contributed by atoms with Gasteiger partial charge < -0.3 is 20.5 Å². The van der Waals surface area contributed by atoms with Gasteiger partial charge in [-0.3, -0.25) is 4.79 Å². The van der Waals surface area contributed by atoms with E-state index in [0.29, 0.717) is 36.4 Å². The van der Waals surface area contributed by atoms with E-state index in [9.17, 15) is 19.1 Å². The highest BCUT2D eigenvalue weighted by atomic mass is 19.1. The third-order valence-corrected chi connectivity index (χ3v) is 6.15. The Morgan fingerprint density at radius 1 is 1.26 bits per heavy atom. The van der Waals surface area contributed by atoms with Crippen molar-refractivity contribution in [3.05, 3.63) is 42.3 Å². The van der Waals surface area contributed by atoms with Gasteiger partial charge in [-0.2, -0.15) is 0 Å². The Bertz CT molecular complexity index is 989. The molecule has 166 valence electrons. The number of hydrogen-bond donors (Lipinski definition) is 3. The molecule has 2 amide bonds. The van der Waals surface area contributed by atoms with Crippen LogP contribution in [0.5, 0.6) is 5.75 Å². The first-order valence-corrected chi connectivity index (χ1v) is 10.2. The monoisotopic (exact) mass is 429 g/mol. The Hall–Kier alpha value is -3.16. The average Bonchev–Trinajstić information content (AvgIpc) is 3.13. The predicted molar refractivity (Wildman–Crippen MR) is 116 cm³/mol. The maximum Gasteiger partial charge on any atom is 0.405 e. The van der Waals surface area contributed by atoms with Crippen molar-refractivity contribution in [1.82, 2.24) is 10.3 Å². The van der Waals surface area contributed by atoms with Crippen LogP contribution in [0.4, 0.5) is 15.0 Å². The fraction of sp³-hybridized carbons (Fsp3) is 0.435. The summed E-state index contributed by atoms with van der Waals surface area (Å²) >= 11 is 0. The fourth-order valence-electron chi connectivity index (χ4n) is 4.25. The first kappa shape index (κ1) is 22.5. The molecular weight excluding hydrogens is 401 g/mol. The van der Waals surface area contributed by atoms with Crippen LogP contribution in [-0.2, 0) is 4.79 Å². The van der Waals surface area contributed by atoms with E-state index in [4.69, 9.17) is 4.74 Å². The molecule has 2 aromatic rings. The van der Waals surface area contributed by atoms with Crippen LogP contribution in [-0.4, -0.2) is 34.7 Å². The lowest BCUT2D eigenvalue weighted by molar-refractivity contribution is -0.120. The van der Waals surface area contributed by atoms with Crippen LogP contribution in [0, 0.1) is 17.2 Å². The number of pyridine rings is 1. The van der Waals surface area contributed by atoms with E-state index in [2.05, 4.69) is 15.6 Å².